The summed E-state index contributed by atoms with van der Waals surface area (Å²) < 4.78 is 0. The Kier molecular flexibility index (Phi) is 5.31. The molecule has 0 radical (unpaired) electrons. The van der Waals surface area contributed by atoms with Crippen LogP contribution in [0.5, 0.6) is 0 Å². The van der Waals surface area contributed by atoms with E-state index in [2.05, 4.69) is 37.3 Å². The van der Waals surface area contributed by atoms with Crippen molar-refractivity contribution in [3.8, 4) is 0 Å². The van der Waals surface area contributed by atoms with E-state index in [9.17, 15) is 0 Å². The lowest BCUT2D eigenvalue weighted by molar-refractivity contribution is 0.312. The van der Waals surface area contributed by atoms with Crippen LogP contribution in [0.2, 0.25) is 0 Å². The predicted molar refractivity (Wildman–Crippen MR) is 80.1 cm³/mol. The molecule has 0 aliphatic heterocycles. The Bertz CT molecular complexity index is 369. The summed E-state index contributed by atoms with van der Waals surface area (Å²) in [4.78, 5) is 0. The fourth-order valence-corrected chi connectivity index (χ4v) is 3.14. The van der Waals surface area contributed by atoms with Gasteiger partial charge in [0, 0.05) is 5.54 Å². The Morgan fingerprint density at radius 1 is 1.11 bits per heavy atom. The highest BCUT2D eigenvalue weighted by molar-refractivity contribution is 6.25. The SMILES string of the molecule is Cc1ccc([C@H]2CC[C@H](CC/C=C/Cl)CC2)cc1. The summed E-state index contributed by atoms with van der Waals surface area (Å²) in [6.45, 7) is 2.16. The van der Waals surface area contributed by atoms with Crippen LogP contribution in [0.25, 0.3) is 0 Å². The third-order valence-corrected chi connectivity index (χ3v) is 4.40. The molecule has 18 heavy (non-hydrogen) atoms. The summed E-state index contributed by atoms with van der Waals surface area (Å²) in [6.07, 6.45) is 10.0. The quantitative estimate of drug-likeness (QED) is 0.643. The lowest BCUT2D eigenvalue weighted by Gasteiger charge is -2.28. The smallest absolute Gasteiger partial charge is 0.000245 e. The number of halogens is 1. The maximum atomic E-state index is 5.55. The lowest BCUT2D eigenvalue weighted by atomic mass is 9.77. The fourth-order valence-electron chi connectivity index (χ4n) is 3.02. The zero-order valence-electron chi connectivity index (χ0n) is 11.2. The van der Waals surface area contributed by atoms with E-state index in [-0.39, 0.29) is 0 Å². The predicted octanol–water partition coefficient (Wildman–Crippen LogP) is 5.80. The summed E-state index contributed by atoms with van der Waals surface area (Å²) in [7, 11) is 0. The first-order valence-corrected chi connectivity index (χ1v) is 7.55. The van der Waals surface area contributed by atoms with Crippen molar-refractivity contribution in [2.45, 2.75) is 51.4 Å². The van der Waals surface area contributed by atoms with Crippen molar-refractivity contribution >= 4 is 11.6 Å². The molecule has 0 unspecified atom stereocenters. The van der Waals surface area contributed by atoms with E-state index in [1.165, 1.54) is 37.7 Å². The zero-order valence-corrected chi connectivity index (χ0v) is 12.0. The number of aryl methyl sites for hydroxylation is 1. The third kappa shape index (κ3) is 3.88. The van der Waals surface area contributed by atoms with Gasteiger partial charge in [0.15, 0.2) is 0 Å². The van der Waals surface area contributed by atoms with Crippen LogP contribution in [0.3, 0.4) is 0 Å². The highest BCUT2D eigenvalue weighted by atomic mass is 35.5. The molecule has 1 aromatic carbocycles. The Morgan fingerprint density at radius 2 is 1.78 bits per heavy atom. The molecular formula is C17H23Cl. The molecule has 1 aromatic rings. The second-order valence-electron chi connectivity index (χ2n) is 5.57. The minimum atomic E-state index is 0.797. The molecule has 0 aromatic heterocycles. The highest BCUT2D eigenvalue weighted by Gasteiger charge is 2.21. The van der Waals surface area contributed by atoms with E-state index >= 15 is 0 Å². The molecule has 0 nitrogen and oxygen atoms in total. The van der Waals surface area contributed by atoms with Crippen molar-refractivity contribution < 1.29 is 0 Å². The molecule has 0 N–H and O–H groups in total. The van der Waals surface area contributed by atoms with E-state index < -0.39 is 0 Å². The van der Waals surface area contributed by atoms with Gasteiger partial charge in [0.1, 0.15) is 0 Å². The van der Waals surface area contributed by atoms with Crippen LogP contribution in [0.15, 0.2) is 35.9 Å². The van der Waals surface area contributed by atoms with Gasteiger partial charge >= 0.3 is 0 Å². The van der Waals surface area contributed by atoms with Crippen molar-refractivity contribution in [2.75, 3.05) is 0 Å². The Labute approximate surface area is 116 Å². The maximum Gasteiger partial charge on any atom is 0.000245 e. The Balaban J connectivity index is 1.81. The molecule has 1 fully saturated rings. The molecule has 98 valence electrons. The van der Waals surface area contributed by atoms with Gasteiger partial charge in [-0.3, -0.25) is 0 Å². The summed E-state index contributed by atoms with van der Waals surface area (Å²) in [5.74, 6) is 1.71. The lowest BCUT2D eigenvalue weighted by Crippen LogP contribution is -2.13. The van der Waals surface area contributed by atoms with Gasteiger partial charge in [0.2, 0.25) is 0 Å². The summed E-state index contributed by atoms with van der Waals surface area (Å²) in [6, 6.07) is 9.12. The summed E-state index contributed by atoms with van der Waals surface area (Å²) in [5, 5.41) is 0. The second kappa shape index (κ2) is 6.99. The van der Waals surface area contributed by atoms with E-state index in [0.29, 0.717) is 0 Å². The molecule has 0 bridgehead atoms. The van der Waals surface area contributed by atoms with Gasteiger partial charge in [-0.25, -0.2) is 0 Å². The standard InChI is InChI=1S/C17H23Cl/c1-14-5-9-16(10-6-14)17-11-7-15(8-12-17)4-2-3-13-18/h3,5-6,9-10,13,15,17H,2,4,7-8,11-12H2,1H3/b13-3+/t15-,17-. The zero-order chi connectivity index (χ0) is 12.8. The Morgan fingerprint density at radius 3 is 2.39 bits per heavy atom. The molecule has 2 rings (SSSR count). The van der Waals surface area contributed by atoms with E-state index in [0.717, 1.165) is 18.3 Å². The van der Waals surface area contributed by atoms with Gasteiger partial charge in [-0.2, -0.15) is 0 Å². The maximum absolute atomic E-state index is 5.55. The van der Waals surface area contributed by atoms with Crippen molar-refractivity contribution in [1.29, 1.82) is 0 Å². The topological polar surface area (TPSA) is 0 Å². The molecule has 1 aliphatic rings. The normalized spacial score (nSPS) is 24.6. The Hall–Kier alpha value is -0.750. The van der Waals surface area contributed by atoms with Crippen LogP contribution in [-0.2, 0) is 0 Å². The largest absolute Gasteiger partial charge is 0.0933 e. The van der Waals surface area contributed by atoms with Crippen molar-refractivity contribution in [3.05, 3.63) is 47.0 Å². The van der Waals surface area contributed by atoms with Gasteiger partial charge in [0.25, 0.3) is 0 Å². The van der Waals surface area contributed by atoms with Crippen LogP contribution in [0.1, 0.15) is 55.6 Å². The monoisotopic (exact) mass is 262 g/mol. The molecule has 0 spiro atoms. The average molecular weight is 263 g/mol. The van der Waals surface area contributed by atoms with Crippen molar-refractivity contribution in [1.82, 2.24) is 0 Å². The first-order valence-electron chi connectivity index (χ1n) is 7.11. The number of allylic oxidation sites excluding steroid dienone is 1. The summed E-state index contributed by atoms with van der Waals surface area (Å²) >= 11 is 5.55. The van der Waals surface area contributed by atoms with Gasteiger partial charge < -0.3 is 0 Å². The fraction of sp³-hybridized carbons (Fsp3) is 0.529. The van der Waals surface area contributed by atoms with Crippen LogP contribution in [0.4, 0.5) is 0 Å². The second-order valence-corrected chi connectivity index (χ2v) is 5.82. The van der Waals surface area contributed by atoms with Crippen molar-refractivity contribution in [3.63, 3.8) is 0 Å². The minimum absolute atomic E-state index is 0.797. The number of rotatable bonds is 4. The number of benzene rings is 1. The molecule has 0 heterocycles. The van der Waals surface area contributed by atoms with Crippen LogP contribution < -0.4 is 0 Å². The van der Waals surface area contributed by atoms with E-state index in [1.54, 1.807) is 11.1 Å². The van der Waals surface area contributed by atoms with Gasteiger partial charge in [-0.1, -0.05) is 47.5 Å². The van der Waals surface area contributed by atoms with Crippen LogP contribution in [-0.4, -0.2) is 0 Å². The van der Waals surface area contributed by atoms with Crippen LogP contribution in [0, 0.1) is 12.8 Å². The molecular weight excluding hydrogens is 240 g/mol. The molecule has 1 aliphatic carbocycles. The number of hydrogen-bond acceptors (Lipinski definition) is 0. The third-order valence-electron chi connectivity index (χ3n) is 4.23. The van der Waals surface area contributed by atoms with Gasteiger partial charge in [0.05, 0.1) is 0 Å². The highest BCUT2D eigenvalue weighted by Crippen LogP contribution is 2.37. The molecule has 1 saturated carbocycles. The van der Waals surface area contributed by atoms with E-state index in [4.69, 9.17) is 11.6 Å². The van der Waals surface area contributed by atoms with E-state index in [1.807, 2.05) is 0 Å². The molecule has 1 heteroatoms. The molecule has 0 saturated heterocycles. The first-order chi connectivity index (χ1) is 8.79. The average Bonchev–Trinajstić information content (AvgIpc) is 2.41. The molecule has 0 atom stereocenters. The molecule has 0 amide bonds. The van der Waals surface area contributed by atoms with Crippen LogP contribution >= 0.6 is 11.6 Å². The van der Waals surface area contributed by atoms with Gasteiger partial charge in [-0.05, 0) is 62.8 Å². The van der Waals surface area contributed by atoms with Crippen molar-refractivity contribution in [2.24, 2.45) is 5.92 Å². The van der Waals surface area contributed by atoms with Gasteiger partial charge in [-0.15, -0.1) is 0 Å². The summed E-state index contributed by atoms with van der Waals surface area (Å²) in [5.41, 5.74) is 4.55. The number of hydrogen-bond donors (Lipinski definition) is 0. The first kappa shape index (κ1) is 13.7. The minimum Gasteiger partial charge on any atom is -0.0933 e.